The predicted molar refractivity (Wildman–Crippen MR) is 110 cm³/mol. The first-order valence-electron chi connectivity index (χ1n) is 9.59. The highest BCUT2D eigenvalue weighted by Crippen LogP contribution is 2.24. The summed E-state index contributed by atoms with van der Waals surface area (Å²) in [5.41, 5.74) is 9.99. The first-order chi connectivity index (χ1) is 13.2. The Hall–Kier alpha value is -2.63. The Kier molecular flexibility index (Phi) is 4.97. The molecule has 1 amide bonds. The monoisotopic (exact) mass is 362 g/mol. The minimum absolute atomic E-state index is 0.117. The number of nitrogens with one attached hydrogen (secondary N) is 1. The molecular weight excluding hydrogens is 336 g/mol. The topological polar surface area (TPSA) is 63.3 Å². The Morgan fingerprint density at radius 3 is 2.56 bits per heavy atom. The van der Waals surface area contributed by atoms with Crippen LogP contribution in [0.4, 0.5) is 0 Å². The quantitative estimate of drug-likeness (QED) is 0.750. The minimum Gasteiger partial charge on any atom is -0.336 e. The van der Waals surface area contributed by atoms with Crippen molar-refractivity contribution < 1.29 is 4.79 Å². The molecule has 1 saturated heterocycles. The smallest absolute Gasteiger partial charge is 0.253 e. The van der Waals surface area contributed by atoms with Crippen LogP contribution in [0.5, 0.6) is 0 Å². The van der Waals surface area contributed by atoms with Crippen molar-refractivity contribution in [2.75, 3.05) is 32.7 Å². The molecule has 1 aromatic heterocycles. The predicted octanol–water partition coefficient (Wildman–Crippen LogP) is 2.74. The summed E-state index contributed by atoms with van der Waals surface area (Å²) < 4.78 is 2.16. The number of benzene rings is 2. The second-order valence-electron chi connectivity index (χ2n) is 7.23. The molecule has 0 aliphatic carbocycles. The third-order valence-electron chi connectivity index (χ3n) is 5.44. The van der Waals surface area contributed by atoms with E-state index in [-0.39, 0.29) is 5.91 Å². The van der Waals surface area contributed by atoms with Gasteiger partial charge in [0.05, 0.1) is 5.52 Å². The van der Waals surface area contributed by atoms with Crippen molar-refractivity contribution in [2.45, 2.75) is 12.8 Å². The fraction of sp³-hybridized carbons (Fsp3) is 0.318. The normalized spacial score (nSPS) is 15.9. The number of nitrogens with two attached hydrogens (primary N) is 1. The first-order valence-corrected chi connectivity index (χ1v) is 9.59. The van der Waals surface area contributed by atoms with Crippen LogP contribution >= 0.6 is 0 Å². The van der Waals surface area contributed by atoms with Gasteiger partial charge in [0.1, 0.15) is 0 Å². The molecule has 3 aromatic rings. The van der Waals surface area contributed by atoms with E-state index in [1.807, 2.05) is 23.1 Å². The lowest BCUT2D eigenvalue weighted by Gasteiger charge is -2.27. The molecular formula is C22H26N4O. The van der Waals surface area contributed by atoms with Gasteiger partial charge in [0.2, 0.25) is 0 Å². The molecule has 2 heterocycles. The molecule has 0 spiro atoms. The molecule has 140 valence electrons. The number of amides is 1. The molecule has 0 saturated carbocycles. The van der Waals surface area contributed by atoms with Crippen molar-refractivity contribution >= 4 is 16.8 Å². The van der Waals surface area contributed by atoms with Crippen LogP contribution in [0.2, 0.25) is 0 Å². The van der Waals surface area contributed by atoms with Crippen molar-refractivity contribution in [2.24, 2.45) is 5.73 Å². The average Bonchev–Trinajstić information content (AvgIpc) is 3.16. The largest absolute Gasteiger partial charge is 0.336 e. The molecule has 1 aliphatic heterocycles. The van der Waals surface area contributed by atoms with E-state index < -0.39 is 0 Å². The van der Waals surface area contributed by atoms with Gasteiger partial charge in [-0.2, -0.15) is 0 Å². The van der Waals surface area contributed by atoms with Crippen LogP contribution in [0.25, 0.3) is 16.6 Å². The molecule has 1 unspecified atom stereocenters. The van der Waals surface area contributed by atoms with Crippen LogP contribution in [-0.4, -0.2) is 48.1 Å². The van der Waals surface area contributed by atoms with Crippen LogP contribution in [-0.2, 0) is 0 Å². The molecule has 5 nitrogen and oxygen atoms in total. The molecule has 1 aliphatic rings. The van der Waals surface area contributed by atoms with Crippen molar-refractivity contribution in [1.82, 2.24) is 14.8 Å². The highest BCUT2D eigenvalue weighted by atomic mass is 16.2. The highest BCUT2D eigenvalue weighted by molar-refractivity contribution is 5.98. The van der Waals surface area contributed by atoms with Gasteiger partial charge in [0, 0.05) is 49.0 Å². The summed E-state index contributed by atoms with van der Waals surface area (Å²) in [6.07, 6.45) is 2.06. The maximum Gasteiger partial charge on any atom is 0.253 e. The lowest BCUT2D eigenvalue weighted by molar-refractivity contribution is 0.0736. The summed E-state index contributed by atoms with van der Waals surface area (Å²) in [5.74, 6) is 0.477. The molecule has 1 fully saturated rings. The van der Waals surface area contributed by atoms with Gasteiger partial charge in [-0.25, -0.2) is 0 Å². The van der Waals surface area contributed by atoms with E-state index in [1.165, 1.54) is 5.56 Å². The Labute approximate surface area is 159 Å². The van der Waals surface area contributed by atoms with E-state index in [0.29, 0.717) is 12.5 Å². The number of rotatable bonds is 4. The Balaban J connectivity index is 1.61. The van der Waals surface area contributed by atoms with Gasteiger partial charge < -0.3 is 20.5 Å². The summed E-state index contributed by atoms with van der Waals surface area (Å²) >= 11 is 0. The lowest BCUT2D eigenvalue weighted by atomic mass is 10.0. The van der Waals surface area contributed by atoms with Crippen LogP contribution in [0.3, 0.4) is 0 Å². The van der Waals surface area contributed by atoms with E-state index in [2.05, 4.69) is 53.3 Å². The van der Waals surface area contributed by atoms with Gasteiger partial charge in [-0.3, -0.25) is 4.79 Å². The molecule has 5 heteroatoms. The zero-order chi connectivity index (χ0) is 18.8. The molecule has 0 bridgehead atoms. The number of hydrogen-bond acceptors (Lipinski definition) is 3. The Morgan fingerprint density at radius 2 is 1.85 bits per heavy atom. The molecule has 1 atom stereocenters. The van der Waals surface area contributed by atoms with Crippen LogP contribution in [0.15, 0.2) is 54.7 Å². The summed E-state index contributed by atoms with van der Waals surface area (Å²) in [7, 11) is 0. The van der Waals surface area contributed by atoms with E-state index in [9.17, 15) is 4.79 Å². The maximum absolute atomic E-state index is 12.7. The maximum atomic E-state index is 12.7. The number of hydrogen-bond donors (Lipinski definition) is 2. The van der Waals surface area contributed by atoms with Crippen molar-refractivity contribution in [3.05, 3.63) is 65.9 Å². The highest BCUT2D eigenvalue weighted by Gasteiger charge is 2.18. The number of piperazine rings is 1. The van der Waals surface area contributed by atoms with Crippen molar-refractivity contribution in [3.63, 3.8) is 0 Å². The van der Waals surface area contributed by atoms with Gasteiger partial charge in [-0.1, -0.05) is 19.1 Å². The average molecular weight is 362 g/mol. The van der Waals surface area contributed by atoms with Gasteiger partial charge in [0.15, 0.2) is 0 Å². The second-order valence-corrected chi connectivity index (χ2v) is 7.23. The summed E-state index contributed by atoms with van der Waals surface area (Å²) in [5, 5.41) is 4.36. The molecule has 4 rings (SSSR count). The van der Waals surface area contributed by atoms with Crippen molar-refractivity contribution in [3.8, 4) is 5.69 Å². The third kappa shape index (κ3) is 3.48. The summed E-state index contributed by atoms with van der Waals surface area (Å²) in [6, 6.07) is 16.6. The SMILES string of the molecule is CC(CN)c1ccc(-n2ccc3cc(C(=O)N4CCNCC4)ccc32)cc1. The zero-order valence-corrected chi connectivity index (χ0v) is 15.7. The van der Waals surface area contributed by atoms with Gasteiger partial charge >= 0.3 is 0 Å². The minimum atomic E-state index is 0.117. The second kappa shape index (κ2) is 7.55. The number of carbonyl (C=O) groups is 1. The van der Waals surface area contributed by atoms with Crippen LogP contribution < -0.4 is 11.1 Å². The van der Waals surface area contributed by atoms with E-state index in [4.69, 9.17) is 5.73 Å². The molecule has 27 heavy (non-hydrogen) atoms. The third-order valence-corrected chi connectivity index (χ3v) is 5.44. The Bertz CT molecular complexity index is 939. The lowest BCUT2D eigenvalue weighted by Crippen LogP contribution is -2.46. The number of aromatic nitrogens is 1. The number of fused-ring (bicyclic) bond motifs is 1. The fourth-order valence-corrected chi connectivity index (χ4v) is 3.65. The van der Waals surface area contributed by atoms with Gasteiger partial charge in [0.25, 0.3) is 5.91 Å². The van der Waals surface area contributed by atoms with Crippen LogP contribution in [0.1, 0.15) is 28.8 Å². The van der Waals surface area contributed by atoms with Crippen LogP contribution in [0, 0.1) is 0 Å². The van der Waals surface area contributed by atoms with Crippen molar-refractivity contribution in [1.29, 1.82) is 0 Å². The standard InChI is InChI=1S/C22H26N4O/c1-16(15-23)17-2-5-20(6-3-17)26-11-8-18-14-19(4-7-21(18)26)22(27)25-12-9-24-10-13-25/h2-8,11,14,16,24H,9-10,12-13,15,23H2,1H3. The molecule has 0 radical (unpaired) electrons. The summed E-state index contributed by atoms with van der Waals surface area (Å²) in [4.78, 5) is 14.7. The van der Waals surface area contributed by atoms with Gasteiger partial charge in [-0.05, 0) is 54.4 Å². The molecule has 2 aromatic carbocycles. The van der Waals surface area contributed by atoms with E-state index in [0.717, 1.165) is 48.3 Å². The number of nitrogens with zero attached hydrogens (tertiary/aromatic N) is 2. The number of carbonyl (C=O) groups excluding carboxylic acids is 1. The fourth-order valence-electron chi connectivity index (χ4n) is 3.65. The molecule has 3 N–H and O–H groups in total. The van der Waals surface area contributed by atoms with E-state index >= 15 is 0 Å². The zero-order valence-electron chi connectivity index (χ0n) is 15.7. The van der Waals surface area contributed by atoms with Gasteiger partial charge in [-0.15, -0.1) is 0 Å². The summed E-state index contributed by atoms with van der Waals surface area (Å²) in [6.45, 7) is 6.05. The first kappa shape index (κ1) is 17.8. The van der Waals surface area contributed by atoms with E-state index in [1.54, 1.807) is 0 Å². The Morgan fingerprint density at radius 1 is 1.11 bits per heavy atom.